The molecule has 5 nitrogen and oxygen atoms in total. The zero-order chi connectivity index (χ0) is 19.3. The number of nitrogens with zero attached hydrogens (tertiary/aromatic N) is 1. The van der Waals surface area contributed by atoms with Gasteiger partial charge in [-0.15, -0.1) is 0 Å². The summed E-state index contributed by atoms with van der Waals surface area (Å²) in [7, 11) is 1.67. The van der Waals surface area contributed by atoms with Crippen molar-refractivity contribution in [2.75, 3.05) is 26.9 Å². The van der Waals surface area contributed by atoms with E-state index in [2.05, 4.69) is 12.1 Å². The summed E-state index contributed by atoms with van der Waals surface area (Å²) in [6.45, 7) is 2.03. The second-order valence-corrected chi connectivity index (χ2v) is 7.35. The van der Waals surface area contributed by atoms with Crippen LogP contribution in [0.2, 0.25) is 0 Å². The van der Waals surface area contributed by atoms with E-state index < -0.39 is 0 Å². The molecule has 1 fully saturated rings. The molecule has 0 N–H and O–H groups in total. The first-order valence-electron chi connectivity index (χ1n) is 10.1. The lowest BCUT2D eigenvalue weighted by Crippen LogP contribution is -2.34. The Morgan fingerprint density at radius 2 is 1.75 bits per heavy atom. The number of hydrogen-bond donors (Lipinski definition) is 0. The van der Waals surface area contributed by atoms with Crippen molar-refractivity contribution in [1.29, 1.82) is 0 Å². The van der Waals surface area contributed by atoms with Gasteiger partial charge in [0.25, 0.3) is 5.91 Å². The van der Waals surface area contributed by atoms with Crippen LogP contribution in [0.5, 0.6) is 17.2 Å². The van der Waals surface area contributed by atoms with Crippen molar-refractivity contribution in [3.8, 4) is 17.2 Å². The third-order valence-corrected chi connectivity index (χ3v) is 5.51. The monoisotopic (exact) mass is 381 g/mol. The van der Waals surface area contributed by atoms with E-state index in [4.69, 9.17) is 14.2 Å². The number of benzene rings is 2. The highest BCUT2D eigenvalue weighted by atomic mass is 16.5. The van der Waals surface area contributed by atoms with E-state index >= 15 is 0 Å². The molecule has 0 bridgehead atoms. The largest absolute Gasteiger partial charge is 0.497 e. The molecular weight excluding hydrogens is 354 g/mol. The molecule has 148 valence electrons. The van der Waals surface area contributed by atoms with Gasteiger partial charge >= 0.3 is 0 Å². The topological polar surface area (TPSA) is 48.0 Å². The lowest BCUT2D eigenvalue weighted by molar-refractivity contribution is 0.0680. The SMILES string of the molecule is COc1ccc(C2CCCCCN2C(=O)c2ccc3c(c2)OCCCO3)cc1. The van der Waals surface area contributed by atoms with Gasteiger partial charge in [0, 0.05) is 18.5 Å². The normalized spacial score (nSPS) is 19.5. The number of amides is 1. The summed E-state index contributed by atoms with van der Waals surface area (Å²) < 4.78 is 16.8. The van der Waals surface area contributed by atoms with Crippen LogP contribution in [0, 0.1) is 0 Å². The maximum atomic E-state index is 13.4. The number of fused-ring (bicyclic) bond motifs is 1. The molecule has 2 aliphatic rings. The van der Waals surface area contributed by atoms with Crippen LogP contribution in [0.4, 0.5) is 0 Å². The molecule has 0 aliphatic carbocycles. The molecule has 0 spiro atoms. The fraction of sp³-hybridized carbons (Fsp3) is 0.435. The van der Waals surface area contributed by atoms with Crippen LogP contribution in [0.25, 0.3) is 0 Å². The standard InChI is InChI=1S/C23H27NO4/c1-26-19-10-7-17(8-11-19)20-6-3-2-4-13-24(20)23(25)18-9-12-21-22(16-18)28-15-5-14-27-21/h7-12,16,20H,2-6,13-15H2,1H3. The maximum Gasteiger partial charge on any atom is 0.254 e. The molecule has 4 rings (SSSR count). The van der Waals surface area contributed by atoms with E-state index in [1.165, 1.54) is 0 Å². The Balaban J connectivity index is 1.62. The van der Waals surface area contributed by atoms with E-state index in [0.717, 1.165) is 55.7 Å². The fourth-order valence-electron chi connectivity index (χ4n) is 3.99. The summed E-state index contributed by atoms with van der Waals surface area (Å²) in [4.78, 5) is 15.5. The first kappa shape index (κ1) is 18.7. The fourth-order valence-corrected chi connectivity index (χ4v) is 3.99. The number of likely N-dealkylation sites (tertiary alicyclic amines) is 1. The Morgan fingerprint density at radius 1 is 0.964 bits per heavy atom. The summed E-state index contributed by atoms with van der Waals surface area (Å²) >= 11 is 0. The minimum atomic E-state index is 0.0540. The van der Waals surface area contributed by atoms with Crippen LogP contribution < -0.4 is 14.2 Å². The van der Waals surface area contributed by atoms with Crippen LogP contribution in [0.1, 0.15) is 54.1 Å². The third kappa shape index (κ3) is 3.93. The first-order valence-corrected chi connectivity index (χ1v) is 10.1. The lowest BCUT2D eigenvalue weighted by atomic mass is 10.00. The number of ether oxygens (including phenoxy) is 3. The molecule has 5 heteroatoms. The first-order chi connectivity index (χ1) is 13.8. The summed E-state index contributed by atoms with van der Waals surface area (Å²) in [5.74, 6) is 2.27. The number of hydrogen-bond acceptors (Lipinski definition) is 4. The molecule has 0 saturated carbocycles. The molecule has 0 radical (unpaired) electrons. The highest BCUT2D eigenvalue weighted by Gasteiger charge is 2.28. The maximum absolute atomic E-state index is 13.4. The van der Waals surface area contributed by atoms with Gasteiger partial charge in [0.05, 0.1) is 26.4 Å². The van der Waals surface area contributed by atoms with Gasteiger partial charge in [0.1, 0.15) is 5.75 Å². The van der Waals surface area contributed by atoms with Crippen molar-refractivity contribution >= 4 is 5.91 Å². The molecule has 28 heavy (non-hydrogen) atoms. The molecule has 1 amide bonds. The van der Waals surface area contributed by atoms with Gasteiger partial charge < -0.3 is 19.1 Å². The third-order valence-electron chi connectivity index (χ3n) is 5.51. The van der Waals surface area contributed by atoms with Crippen LogP contribution in [0.3, 0.4) is 0 Å². The molecular formula is C23H27NO4. The van der Waals surface area contributed by atoms with Crippen molar-refractivity contribution in [2.24, 2.45) is 0 Å². The van der Waals surface area contributed by atoms with Crippen molar-refractivity contribution in [1.82, 2.24) is 4.90 Å². The van der Waals surface area contributed by atoms with Crippen LogP contribution in [0.15, 0.2) is 42.5 Å². The minimum absolute atomic E-state index is 0.0540. The van der Waals surface area contributed by atoms with E-state index in [0.29, 0.717) is 24.5 Å². The van der Waals surface area contributed by atoms with Crippen molar-refractivity contribution in [3.63, 3.8) is 0 Å². The van der Waals surface area contributed by atoms with Gasteiger partial charge in [-0.25, -0.2) is 0 Å². The van der Waals surface area contributed by atoms with Gasteiger partial charge in [-0.3, -0.25) is 4.79 Å². The lowest BCUT2D eigenvalue weighted by Gasteiger charge is -2.31. The molecule has 1 unspecified atom stereocenters. The second-order valence-electron chi connectivity index (χ2n) is 7.35. The molecule has 0 aromatic heterocycles. The van der Waals surface area contributed by atoms with Crippen molar-refractivity contribution in [3.05, 3.63) is 53.6 Å². The number of carbonyl (C=O) groups is 1. The summed E-state index contributed by atoms with van der Waals surface area (Å²) in [5, 5.41) is 0. The van der Waals surface area contributed by atoms with Crippen molar-refractivity contribution in [2.45, 2.75) is 38.1 Å². The van der Waals surface area contributed by atoms with Gasteiger partial charge in [0.2, 0.25) is 0 Å². The number of rotatable bonds is 3. The van der Waals surface area contributed by atoms with E-state index in [1.807, 2.05) is 35.2 Å². The summed E-state index contributed by atoms with van der Waals surface area (Å²) in [5.41, 5.74) is 1.81. The highest BCUT2D eigenvalue weighted by molar-refractivity contribution is 5.95. The summed E-state index contributed by atoms with van der Waals surface area (Å²) in [6, 6.07) is 13.7. The van der Waals surface area contributed by atoms with E-state index in [9.17, 15) is 4.79 Å². The van der Waals surface area contributed by atoms with E-state index in [1.54, 1.807) is 7.11 Å². The smallest absolute Gasteiger partial charge is 0.254 e. The molecule has 1 saturated heterocycles. The van der Waals surface area contributed by atoms with Gasteiger partial charge in [0.15, 0.2) is 11.5 Å². The Kier molecular flexibility index (Phi) is 5.70. The van der Waals surface area contributed by atoms with Crippen LogP contribution in [-0.4, -0.2) is 37.7 Å². The Hall–Kier alpha value is -2.69. The zero-order valence-corrected chi connectivity index (χ0v) is 16.4. The van der Waals surface area contributed by atoms with Crippen LogP contribution >= 0.6 is 0 Å². The van der Waals surface area contributed by atoms with Crippen molar-refractivity contribution < 1.29 is 19.0 Å². The van der Waals surface area contributed by atoms with Gasteiger partial charge in [-0.1, -0.05) is 25.0 Å². The Morgan fingerprint density at radius 3 is 2.54 bits per heavy atom. The van der Waals surface area contributed by atoms with Gasteiger partial charge in [-0.2, -0.15) is 0 Å². The summed E-state index contributed by atoms with van der Waals surface area (Å²) in [6.07, 6.45) is 5.13. The molecule has 2 aromatic carbocycles. The quantitative estimate of drug-likeness (QED) is 0.779. The Labute approximate surface area is 166 Å². The number of carbonyl (C=O) groups excluding carboxylic acids is 1. The molecule has 2 aliphatic heterocycles. The molecule has 2 heterocycles. The molecule has 2 aromatic rings. The average Bonchev–Trinajstić information content (AvgIpc) is 3.13. The highest BCUT2D eigenvalue weighted by Crippen LogP contribution is 2.35. The minimum Gasteiger partial charge on any atom is -0.497 e. The predicted molar refractivity (Wildman–Crippen MR) is 107 cm³/mol. The Bertz CT molecular complexity index is 818. The predicted octanol–water partition coefficient (Wildman–Crippen LogP) is 4.61. The van der Waals surface area contributed by atoms with E-state index in [-0.39, 0.29) is 11.9 Å². The zero-order valence-electron chi connectivity index (χ0n) is 16.4. The van der Waals surface area contributed by atoms with Gasteiger partial charge in [-0.05, 0) is 48.7 Å². The number of methoxy groups -OCH3 is 1. The second kappa shape index (κ2) is 8.55. The van der Waals surface area contributed by atoms with Crippen LogP contribution in [-0.2, 0) is 0 Å². The molecule has 1 atom stereocenters. The average molecular weight is 381 g/mol.